The number of nitrogens with zero attached hydrogens (tertiary/aromatic N) is 2. The monoisotopic (exact) mass is 293 g/mol. The van der Waals surface area contributed by atoms with Crippen molar-refractivity contribution in [3.63, 3.8) is 0 Å². The molecule has 1 aromatic rings. The molecule has 1 aliphatic carbocycles. The summed E-state index contributed by atoms with van der Waals surface area (Å²) in [7, 11) is 2.03. The van der Waals surface area contributed by atoms with E-state index in [1.165, 1.54) is 60.8 Å². The Balaban J connectivity index is 1.84. The normalized spacial score (nSPS) is 28.2. The van der Waals surface area contributed by atoms with Gasteiger partial charge in [0.05, 0.1) is 5.69 Å². The Labute approximate surface area is 126 Å². The minimum Gasteiger partial charge on any atom is -0.345 e. The number of hydrogen-bond donors (Lipinski definition) is 1. The van der Waals surface area contributed by atoms with Crippen LogP contribution in [0.25, 0.3) is 0 Å². The number of hydrogen-bond acceptors (Lipinski definition) is 4. The minimum atomic E-state index is 0.410. The third kappa shape index (κ3) is 2.60. The Morgan fingerprint density at radius 1 is 1.25 bits per heavy atom. The minimum absolute atomic E-state index is 0.410. The molecule has 4 heteroatoms. The summed E-state index contributed by atoms with van der Waals surface area (Å²) < 4.78 is 0. The zero-order valence-electron chi connectivity index (χ0n) is 13.0. The maximum atomic E-state index is 4.90. The summed E-state index contributed by atoms with van der Waals surface area (Å²) in [5.74, 6) is 0.923. The van der Waals surface area contributed by atoms with Gasteiger partial charge in [-0.25, -0.2) is 4.98 Å². The molecule has 3 atom stereocenters. The van der Waals surface area contributed by atoms with E-state index in [0.717, 1.165) is 12.0 Å². The van der Waals surface area contributed by atoms with Gasteiger partial charge in [-0.15, -0.1) is 11.3 Å². The number of rotatable bonds is 3. The average molecular weight is 293 g/mol. The van der Waals surface area contributed by atoms with Gasteiger partial charge < -0.3 is 10.2 Å². The molecule has 0 spiro atoms. The van der Waals surface area contributed by atoms with Gasteiger partial charge in [-0.3, -0.25) is 0 Å². The van der Waals surface area contributed by atoms with E-state index < -0.39 is 0 Å². The van der Waals surface area contributed by atoms with Gasteiger partial charge in [-0.1, -0.05) is 12.8 Å². The quantitative estimate of drug-likeness (QED) is 0.916. The largest absolute Gasteiger partial charge is 0.345 e. The third-order valence-electron chi connectivity index (χ3n) is 5.14. The summed E-state index contributed by atoms with van der Waals surface area (Å²) in [6, 6.07) is 1.17. The van der Waals surface area contributed by atoms with Crippen LogP contribution in [0.5, 0.6) is 0 Å². The van der Waals surface area contributed by atoms with Crippen molar-refractivity contribution in [2.75, 3.05) is 18.5 Å². The molecule has 2 aliphatic rings. The molecule has 0 bridgehead atoms. The van der Waals surface area contributed by atoms with Crippen LogP contribution >= 0.6 is 11.3 Å². The summed E-state index contributed by atoms with van der Waals surface area (Å²) in [5, 5.41) is 4.62. The van der Waals surface area contributed by atoms with Crippen molar-refractivity contribution >= 4 is 16.5 Å². The van der Waals surface area contributed by atoms with Gasteiger partial charge in [-0.2, -0.15) is 0 Å². The lowest BCUT2D eigenvalue weighted by Gasteiger charge is -2.44. The Kier molecular flexibility index (Phi) is 4.32. The van der Waals surface area contributed by atoms with Crippen LogP contribution in [-0.2, 0) is 0 Å². The molecule has 3 nitrogen and oxygen atoms in total. The number of thiazole rings is 1. The topological polar surface area (TPSA) is 28.2 Å². The van der Waals surface area contributed by atoms with Crippen molar-refractivity contribution in [1.82, 2.24) is 10.3 Å². The van der Waals surface area contributed by atoms with Gasteiger partial charge in [-0.05, 0) is 52.5 Å². The van der Waals surface area contributed by atoms with Gasteiger partial charge in [0.25, 0.3) is 0 Å². The molecule has 3 rings (SSSR count). The molecule has 2 heterocycles. The van der Waals surface area contributed by atoms with E-state index in [-0.39, 0.29) is 0 Å². The highest BCUT2D eigenvalue weighted by molar-refractivity contribution is 7.15. The summed E-state index contributed by atoms with van der Waals surface area (Å²) in [5.41, 5.74) is 1.21. The summed E-state index contributed by atoms with van der Waals surface area (Å²) in [6.07, 6.45) is 8.43. The van der Waals surface area contributed by atoms with Gasteiger partial charge in [0.2, 0.25) is 0 Å². The van der Waals surface area contributed by atoms with Crippen LogP contribution in [0.1, 0.15) is 62.1 Å². The molecule has 0 aromatic carbocycles. The van der Waals surface area contributed by atoms with Crippen LogP contribution in [-0.4, -0.2) is 24.6 Å². The van der Waals surface area contributed by atoms with Gasteiger partial charge in [0.15, 0.2) is 5.13 Å². The maximum Gasteiger partial charge on any atom is 0.186 e. The van der Waals surface area contributed by atoms with Crippen LogP contribution < -0.4 is 10.2 Å². The third-order valence-corrected chi connectivity index (χ3v) is 6.51. The summed E-state index contributed by atoms with van der Waals surface area (Å²) in [4.78, 5) is 8.94. The number of aryl methyl sites for hydroxylation is 1. The Bertz CT molecular complexity index is 455. The molecular formula is C16H27N3S. The van der Waals surface area contributed by atoms with E-state index >= 15 is 0 Å². The first kappa shape index (κ1) is 14.3. The highest BCUT2D eigenvalue weighted by atomic mass is 32.1. The second-order valence-electron chi connectivity index (χ2n) is 6.40. The molecule has 1 unspecified atom stereocenters. The van der Waals surface area contributed by atoms with E-state index in [1.54, 1.807) is 0 Å². The number of nitrogens with one attached hydrogen (secondary N) is 1. The molecule has 1 aliphatic heterocycles. The Hall–Kier alpha value is -0.610. The molecule has 20 heavy (non-hydrogen) atoms. The Morgan fingerprint density at radius 2 is 2.00 bits per heavy atom. The molecule has 1 saturated heterocycles. The first-order chi connectivity index (χ1) is 9.70. The van der Waals surface area contributed by atoms with Crippen LogP contribution in [0.4, 0.5) is 5.13 Å². The van der Waals surface area contributed by atoms with Crippen molar-refractivity contribution in [2.24, 2.45) is 5.92 Å². The van der Waals surface area contributed by atoms with Crippen molar-refractivity contribution < 1.29 is 0 Å². The van der Waals surface area contributed by atoms with Gasteiger partial charge in [0, 0.05) is 23.5 Å². The summed E-state index contributed by atoms with van der Waals surface area (Å²) >= 11 is 1.91. The molecule has 1 saturated carbocycles. The van der Waals surface area contributed by atoms with Crippen LogP contribution in [0.15, 0.2) is 0 Å². The van der Waals surface area contributed by atoms with Crippen LogP contribution in [0.3, 0.4) is 0 Å². The summed E-state index contributed by atoms with van der Waals surface area (Å²) in [6.45, 7) is 5.59. The van der Waals surface area contributed by atoms with E-state index in [4.69, 9.17) is 4.98 Å². The van der Waals surface area contributed by atoms with Crippen LogP contribution in [0, 0.1) is 12.8 Å². The predicted molar refractivity (Wildman–Crippen MR) is 86.7 cm³/mol. The SMILES string of the molecule is CNC(C)c1sc(N2CCC[C@H]3CCCC[C@H]32)nc1C. The molecular weight excluding hydrogens is 266 g/mol. The number of fused-ring (bicyclic) bond motifs is 1. The second-order valence-corrected chi connectivity index (χ2v) is 7.41. The predicted octanol–water partition coefficient (Wildman–Crippen LogP) is 3.89. The number of aromatic nitrogens is 1. The highest BCUT2D eigenvalue weighted by Gasteiger charge is 2.34. The van der Waals surface area contributed by atoms with Gasteiger partial charge in [0.1, 0.15) is 0 Å². The number of anilines is 1. The average Bonchev–Trinajstić information content (AvgIpc) is 2.87. The highest BCUT2D eigenvalue weighted by Crippen LogP contribution is 2.40. The fourth-order valence-electron chi connectivity index (χ4n) is 3.91. The number of piperidine rings is 1. The molecule has 112 valence electrons. The van der Waals surface area contributed by atoms with E-state index in [2.05, 4.69) is 24.1 Å². The molecule has 1 aromatic heterocycles. The van der Waals surface area contributed by atoms with Gasteiger partial charge >= 0.3 is 0 Å². The standard InChI is InChI=1S/C16H27N3S/c1-11(17-3)15-12(2)18-16(20-15)19-10-6-8-13-7-4-5-9-14(13)19/h11,13-14,17H,4-10H2,1-3H3/t11?,13-,14-/m1/s1. The van der Waals surface area contributed by atoms with E-state index in [1.807, 2.05) is 18.4 Å². The fourth-order valence-corrected chi connectivity index (χ4v) is 5.12. The lowest BCUT2D eigenvalue weighted by molar-refractivity contribution is 0.243. The molecule has 0 radical (unpaired) electrons. The van der Waals surface area contributed by atoms with Crippen molar-refractivity contribution in [3.05, 3.63) is 10.6 Å². The molecule has 2 fully saturated rings. The van der Waals surface area contributed by atoms with Crippen LogP contribution in [0.2, 0.25) is 0 Å². The first-order valence-electron chi connectivity index (χ1n) is 8.12. The fraction of sp³-hybridized carbons (Fsp3) is 0.812. The zero-order valence-corrected chi connectivity index (χ0v) is 13.8. The Morgan fingerprint density at radius 3 is 2.80 bits per heavy atom. The smallest absolute Gasteiger partial charge is 0.186 e. The van der Waals surface area contributed by atoms with Crippen molar-refractivity contribution in [3.8, 4) is 0 Å². The molecule has 1 N–H and O–H groups in total. The second kappa shape index (κ2) is 6.02. The van der Waals surface area contributed by atoms with Crippen molar-refractivity contribution in [1.29, 1.82) is 0 Å². The lowest BCUT2D eigenvalue weighted by Crippen LogP contribution is -2.46. The van der Waals surface area contributed by atoms with Crippen molar-refractivity contribution in [2.45, 2.75) is 64.5 Å². The zero-order chi connectivity index (χ0) is 14.1. The van der Waals surface area contributed by atoms with E-state index in [0.29, 0.717) is 6.04 Å². The first-order valence-corrected chi connectivity index (χ1v) is 8.93. The lowest BCUT2D eigenvalue weighted by atomic mass is 9.78. The maximum absolute atomic E-state index is 4.90. The molecule has 0 amide bonds. The van der Waals surface area contributed by atoms with E-state index in [9.17, 15) is 0 Å².